The number of fused-ring (bicyclic) bond motifs is 1. The van der Waals surface area contributed by atoms with Gasteiger partial charge >= 0.3 is 0 Å². The molecule has 1 aliphatic heterocycles. The monoisotopic (exact) mass is 251 g/mol. The maximum Gasteiger partial charge on any atom is 0.128 e. The summed E-state index contributed by atoms with van der Waals surface area (Å²) >= 11 is 3.74. The van der Waals surface area contributed by atoms with E-state index in [1.165, 1.54) is 16.2 Å². The SMILES string of the molecule is OC(c1ccc[nH]1)c1cc2c(s1)CCSC2. The van der Waals surface area contributed by atoms with Crippen molar-refractivity contribution in [1.29, 1.82) is 0 Å². The highest BCUT2D eigenvalue weighted by molar-refractivity contribution is 7.98. The minimum absolute atomic E-state index is 0.490. The molecule has 4 heteroatoms. The number of nitrogens with one attached hydrogen (secondary N) is 1. The van der Waals surface area contributed by atoms with Gasteiger partial charge in [-0.25, -0.2) is 0 Å². The van der Waals surface area contributed by atoms with Gasteiger partial charge in [0.15, 0.2) is 0 Å². The van der Waals surface area contributed by atoms with Crippen LogP contribution in [-0.2, 0) is 12.2 Å². The van der Waals surface area contributed by atoms with Crippen molar-refractivity contribution in [1.82, 2.24) is 4.98 Å². The molecule has 16 heavy (non-hydrogen) atoms. The van der Waals surface area contributed by atoms with Crippen molar-refractivity contribution in [3.63, 3.8) is 0 Å². The Hall–Kier alpha value is -0.710. The van der Waals surface area contributed by atoms with Crippen LogP contribution in [0.5, 0.6) is 0 Å². The highest BCUT2D eigenvalue weighted by atomic mass is 32.2. The summed E-state index contributed by atoms with van der Waals surface area (Å²) < 4.78 is 0. The van der Waals surface area contributed by atoms with E-state index >= 15 is 0 Å². The molecule has 0 saturated heterocycles. The number of H-pyrrole nitrogens is 1. The van der Waals surface area contributed by atoms with Crippen LogP contribution >= 0.6 is 23.1 Å². The summed E-state index contributed by atoms with van der Waals surface area (Å²) in [6, 6.07) is 6.01. The van der Waals surface area contributed by atoms with Crippen molar-refractivity contribution in [2.45, 2.75) is 18.3 Å². The number of hydrogen-bond acceptors (Lipinski definition) is 3. The molecule has 0 amide bonds. The van der Waals surface area contributed by atoms with E-state index in [2.05, 4.69) is 11.1 Å². The lowest BCUT2D eigenvalue weighted by atomic mass is 10.1. The molecule has 0 saturated carbocycles. The molecule has 3 heterocycles. The fourth-order valence-electron chi connectivity index (χ4n) is 1.97. The van der Waals surface area contributed by atoms with Crippen molar-refractivity contribution < 1.29 is 5.11 Å². The van der Waals surface area contributed by atoms with Gasteiger partial charge in [0.2, 0.25) is 0 Å². The molecule has 0 bridgehead atoms. The average Bonchev–Trinajstić information content (AvgIpc) is 2.97. The maximum atomic E-state index is 10.2. The van der Waals surface area contributed by atoms with Crippen molar-refractivity contribution in [3.05, 3.63) is 45.4 Å². The number of aryl methyl sites for hydroxylation is 1. The Morgan fingerprint density at radius 2 is 2.38 bits per heavy atom. The zero-order valence-corrected chi connectivity index (χ0v) is 10.4. The van der Waals surface area contributed by atoms with Crippen molar-refractivity contribution in [2.75, 3.05) is 5.75 Å². The van der Waals surface area contributed by atoms with Gasteiger partial charge in [0.25, 0.3) is 0 Å². The molecule has 0 radical (unpaired) electrons. The van der Waals surface area contributed by atoms with E-state index < -0.39 is 6.10 Å². The van der Waals surface area contributed by atoms with E-state index in [-0.39, 0.29) is 0 Å². The molecule has 2 aromatic heterocycles. The number of thiophene rings is 1. The van der Waals surface area contributed by atoms with Gasteiger partial charge in [-0.05, 0) is 35.9 Å². The zero-order chi connectivity index (χ0) is 11.0. The van der Waals surface area contributed by atoms with Crippen LogP contribution < -0.4 is 0 Å². The third-order valence-electron chi connectivity index (χ3n) is 2.83. The van der Waals surface area contributed by atoms with Crippen molar-refractivity contribution in [3.8, 4) is 0 Å². The first-order valence-electron chi connectivity index (χ1n) is 5.35. The number of aliphatic hydroxyl groups excluding tert-OH is 1. The number of hydrogen-bond donors (Lipinski definition) is 2. The molecule has 0 fully saturated rings. The summed E-state index contributed by atoms with van der Waals surface area (Å²) in [7, 11) is 0. The summed E-state index contributed by atoms with van der Waals surface area (Å²) in [4.78, 5) is 5.59. The summed E-state index contributed by atoms with van der Waals surface area (Å²) in [6.07, 6.45) is 2.51. The maximum absolute atomic E-state index is 10.2. The van der Waals surface area contributed by atoms with E-state index in [4.69, 9.17) is 0 Å². The van der Waals surface area contributed by atoms with Gasteiger partial charge in [0.1, 0.15) is 6.10 Å². The standard InChI is InChI=1S/C12H13NOS2/c14-12(9-2-1-4-13-9)11-6-8-7-15-5-3-10(8)16-11/h1-2,4,6,12-14H,3,5,7H2. The Balaban J connectivity index is 1.92. The van der Waals surface area contributed by atoms with Crippen LogP contribution in [0.25, 0.3) is 0 Å². The van der Waals surface area contributed by atoms with E-state index in [1.807, 2.05) is 30.1 Å². The van der Waals surface area contributed by atoms with Gasteiger partial charge in [-0.1, -0.05) is 0 Å². The normalized spacial score (nSPS) is 17.1. The lowest BCUT2D eigenvalue weighted by Crippen LogP contribution is -1.97. The highest BCUT2D eigenvalue weighted by Crippen LogP contribution is 2.35. The Morgan fingerprint density at radius 1 is 1.44 bits per heavy atom. The smallest absolute Gasteiger partial charge is 0.128 e. The summed E-state index contributed by atoms with van der Waals surface area (Å²) in [5.74, 6) is 2.31. The molecule has 84 valence electrons. The molecule has 0 aromatic carbocycles. The van der Waals surface area contributed by atoms with Crippen LogP contribution in [0, 0.1) is 0 Å². The van der Waals surface area contributed by atoms with E-state index in [0.717, 1.165) is 22.7 Å². The Labute approximate surface area is 103 Å². The molecule has 0 spiro atoms. The highest BCUT2D eigenvalue weighted by Gasteiger charge is 2.19. The number of aromatic amines is 1. The first-order chi connectivity index (χ1) is 7.84. The first-order valence-corrected chi connectivity index (χ1v) is 7.32. The second kappa shape index (κ2) is 4.28. The molecular formula is C12H13NOS2. The molecule has 3 rings (SSSR count). The molecule has 2 N–H and O–H groups in total. The summed E-state index contributed by atoms with van der Waals surface area (Å²) in [6.45, 7) is 0. The number of aliphatic hydroxyl groups is 1. The number of rotatable bonds is 2. The topological polar surface area (TPSA) is 36.0 Å². The number of thioether (sulfide) groups is 1. The predicted molar refractivity (Wildman–Crippen MR) is 69.0 cm³/mol. The molecule has 1 unspecified atom stereocenters. The minimum atomic E-state index is -0.490. The molecule has 1 atom stereocenters. The largest absolute Gasteiger partial charge is 0.381 e. The van der Waals surface area contributed by atoms with Gasteiger partial charge in [-0.15, -0.1) is 11.3 Å². The van der Waals surface area contributed by atoms with E-state index in [0.29, 0.717) is 0 Å². The van der Waals surface area contributed by atoms with Crippen molar-refractivity contribution >= 4 is 23.1 Å². The summed E-state index contributed by atoms with van der Waals surface area (Å²) in [5.41, 5.74) is 2.30. The van der Waals surface area contributed by atoms with Crippen LogP contribution in [0.4, 0.5) is 0 Å². The zero-order valence-electron chi connectivity index (χ0n) is 8.77. The van der Waals surface area contributed by atoms with E-state index in [1.54, 1.807) is 11.3 Å². The quantitative estimate of drug-likeness (QED) is 0.861. The van der Waals surface area contributed by atoms with Crippen LogP contribution in [0.15, 0.2) is 24.4 Å². The van der Waals surface area contributed by atoms with Crippen LogP contribution in [0.1, 0.15) is 27.1 Å². The van der Waals surface area contributed by atoms with Gasteiger partial charge in [-0.2, -0.15) is 11.8 Å². The fraction of sp³-hybridized carbons (Fsp3) is 0.333. The van der Waals surface area contributed by atoms with Crippen LogP contribution in [0.2, 0.25) is 0 Å². The fourth-order valence-corrected chi connectivity index (χ4v) is 4.35. The minimum Gasteiger partial charge on any atom is -0.381 e. The van der Waals surface area contributed by atoms with Crippen LogP contribution in [0.3, 0.4) is 0 Å². The third kappa shape index (κ3) is 1.81. The first kappa shape index (κ1) is 10.4. The van der Waals surface area contributed by atoms with Gasteiger partial charge < -0.3 is 10.1 Å². The van der Waals surface area contributed by atoms with Gasteiger partial charge in [-0.3, -0.25) is 0 Å². The molecule has 1 aliphatic rings. The van der Waals surface area contributed by atoms with Gasteiger partial charge in [0, 0.05) is 27.4 Å². The molecular weight excluding hydrogens is 238 g/mol. The third-order valence-corrected chi connectivity index (χ3v) is 5.13. The van der Waals surface area contributed by atoms with Crippen LogP contribution in [-0.4, -0.2) is 15.8 Å². The Morgan fingerprint density at radius 3 is 3.12 bits per heavy atom. The van der Waals surface area contributed by atoms with Gasteiger partial charge in [0.05, 0.1) is 0 Å². The second-order valence-corrected chi connectivity index (χ2v) is 6.20. The summed E-state index contributed by atoms with van der Waals surface area (Å²) in [5, 5.41) is 10.2. The Bertz CT molecular complexity index is 452. The molecule has 2 nitrogen and oxygen atoms in total. The second-order valence-electron chi connectivity index (χ2n) is 3.93. The Kier molecular flexibility index (Phi) is 2.79. The molecule has 0 aliphatic carbocycles. The van der Waals surface area contributed by atoms with E-state index in [9.17, 15) is 5.11 Å². The lowest BCUT2D eigenvalue weighted by molar-refractivity contribution is 0.220. The predicted octanol–water partition coefficient (Wildman–Crippen LogP) is 2.95. The number of aromatic nitrogens is 1. The van der Waals surface area contributed by atoms with Crippen molar-refractivity contribution in [2.24, 2.45) is 0 Å². The average molecular weight is 251 g/mol. The lowest BCUT2D eigenvalue weighted by Gasteiger charge is -2.08. The molecule has 2 aromatic rings.